The van der Waals surface area contributed by atoms with Crippen molar-refractivity contribution in [1.82, 2.24) is 14.8 Å². The van der Waals surface area contributed by atoms with Crippen molar-refractivity contribution >= 4 is 0 Å². The number of benzene rings is 1. The largest absolute Gasteiger partial charge is 0.508 e. The molecule has 0 radical (unpaired) electrons. The van der Waals surface area contributed by atoms with Gasteiger partial charge in [0.1, 0.15) is 11.4 Å². The first-order valence-corrected chi connectivity index (χ1v) is 6.55. The number of hydrogen-bond donors (Lipinski definition) is 1. The van der Waals surface area contributed by atoms with Crippen LogP contribution in [0.25, 0.3) is 22.4 Å². The predicted octanol–water partition coefficient (Wildman–Crippen LogP) is 3.34. The number of nitrogens with zero attached hydrogens (tertiary/aromatic N) is 3. The first-order chi connectivity index (χ1) is 9.78. The molecule has 1 N–H and O–H groups in total. The highest BCUT2D eigenvalue weighted by molar-refractivity contribution is 5.80. The SMILES string of the molecule is CCn1cc(-c2ccncc2)c(-c2ccc(O)cc2)n1. The minimum atomic E-state index is 0.258. The molecule has 3 rings (SSSR count). The summed E-state index contributed by atoms with van der Waals surface area (Å²) in [7, 11) is 0. The van der Waals surface area contributed by atoms with Gasteiger partial charge < -0.3 is 5.11 Å². The van der Waals surface area contributed by atoms with Crippen molar-refractivity contribution < 1.29 is 5.11 Å². The first kappa shape index (κ1) is 12.4. The summed E-state index contributed by atoms with van der Waals surface area (Å²) in [4.78, 5) is 4.05. The van der Waals surface area contributed by atoms with Crippen LogP contribution in [0.1, 0.15) is 6.92 Å². The molecule has 0 aliphatic heterocycles. The molecule has 0 fully saturated rings. The predicted molar refractivity (Wildman–Crippen MR) is 78.2 cm³/mol. The van der Waals surface area contributed by atoms with Crippen LogP contribution in [0.15, 0.2) is 55.0 Å². The van der Waals surface area contributed by atoms with Crippen molar-refractivity contribution in [1.29, 1.82) is 0 Å². The monoisotopic (exact) mass is 265 g/mol. The molecule has 100 valence electrons. The minimum Gasteiger partial charge on any atom is -0.508 e. The molecule has 20 heavy (non-hydrogen) atoms. The molecular formula is C16H15N3O. The van der Waals surface area contributed by atoms with Crippen molar-refractivity contribution in [3.8, 4) is 28.1 Å². The number of hydrogen-bond acceptors (Lipinski definition) is 3. The van der Waals surface area contributed by atoms with Gasteiger partial charge in [0.2, 0.25) is 0 Å². The van der Waals surface area contributed by atoms with Crippen LogP contribution >= 0.6 is 0 Å². The zero-order chi connectivity index (χ0) is 13.9. The zero-order valence-corrected chi connectivity index (χ0v) is 11.2. The van der Waals surface area contributed by atoms with Gasteiger partial charge in [-0.15, -0.1) is 0 Å². The summed E-state index contributed by atoms with van der Waals surface area (Å²) in [5.74, 6) is 0.258. The summed E-state index contributed by atoms with van der Waals surface area (Å²) in [6.07, 6.45) is 5.59. The number of rotatable bonds is 3. The van der Waals surface area contributed by atoms with Crippen LogP contribution in [0.5, 0.6) is 5.75 Å². The number of aryl methyl sites for hydroxylation is 1. The lowest BCUT2D eigenvalue weighted by atomic mass is 10.0. The van der Waals surface area contributed by atoms with E-state index in [0.29, 0.717) is 0 Å². The zero-order valence-electron chi connectivity index (χ0n) is 11.2. The molecule has 0 spiro atoms. The lowest BCUT2D eigenvalue weighted by Gasteiger charge is -2.02. The molecule has 2 heterocycles. The van der Waals surface area contributed by atoms with Gasteiger partial charge in [0.05, 0.1) is 0 Å². The molecule has 1 aromatic carbocycles. The summed E-state index contributed by atoms with van der Waals surface area (Å²) < 4.78 is 1.91. The maximum absolute atomic E-state index is 9.41. The Morgan fingerprint density at radius 1 is 1.00 bits per heavy atom. The summed E-state index contributed by atoms with van der Waals surface area (Å²) in [5.41, 5.74) is 4.06. The summed E-state index contributed by atoms with van der Waals surface area (Å²) in [6, 6.07) is 11.1. The van der Waals surface area contributed by atoms with Crippen LogP contribution in [-0.2, 0) is 6.54 Å². The summed E-state index contributed by atoms with van der Waals surface area (Å²) >= 11 is 0. The Kier molecular flexibility index (Phi) is 3.21. The van der Waals surface area contributed by atoms with E-state index in [1.165, 1.54) is 0 Å². The molecule has 0 saturated carbocycles. The number of phenols is 1. The Morgan fingerprint density at radius 2 is 1.70 bits per heavy atom. The second kappa shape index (κ2) is 5.17. The van der Waals surface area contributed by atoms with Gasteiger partial charge >= 0.3 is 0 Å². The summed E-state index contributed by atoms with van der Waals surface area (Å²) in [6.45, 7) is 2.88. The van der Waals surface area contributed by atoms with E-state index in [-0.39, 0.29) is 5.75 Å². The number of aromatic nitrogens is 3. The third kappa shape index (κ3) is 2.28. The van der Waals surface area contributed by atoms with Gasteiger partial charge in [-0.05, 0) is 48.9 Å². The molecule has 4 nitrogen and oxygen atoms in total. The van der Waals surface area contributed by atoms with Gasteiger partial charge in [0.15, 0.2) is 0 Å². The normalized spacial score (nSPS) is 10.7. The molecule has 0 aliphatic carbocycles. The Bertz CT molecular complexity index is 702. The highest BCUT2D eigenvalue weighted by Gasteiger charge is 2.12. The van der Waals surface area contributed by atoms with Crippen molar-refractivity contribution in [2.75, 3.05) is 0 Å². The molecule has 0 atom stereocenters. The fourth-order valence-corrected chi connectivity index (χ4v) is 2.16. The van der Waals surface area contributed by atoms with Crippen molar-refractivity contribution in [2.45, 2.75) is 13.5 Å². The fraction of sp³-hybridized carbons (Fsp3) is 0.125. The Labute approximate surface area is 117 Å². The third-order valence-corrected chi connectivity index (χ3v) is 3.22. The molecule has 0 bridgehead atoms. The minimum absolute atomic E-state index is 0.258. The van der Waals surface area contributed by atoms with Crippen LogP contribution in [0.4, 0.5) is 0 Å². The molecular weight excluding hydrogens is 250 g/mol. The number of pyridine rings is 1. The van der Waals surface area contributed by atoms with E-state index in [0.717, 1.165) is 28.9 Å². The molecule has 0 amide bonds. The number of phenolic OH excluding ortho intramolecular Hbond substituents is 1. The van der Waals surface area contributed by atoms with E-state index >= 15 is 0 Å². The molecule has 0 aliphatic rings. The lowest BCUT2D eigenvalue weighted by Crippen LogP contribution is -1.93. The van der Waals surface area contributed by atoms with Crippen LogP contribution < -0.4 is 0 Å². The molecule has 0 unspecified atom stereocenters. The second-order valence-corrected chi connectivity index (χ2v) is 4.53. The van der Waals surface area contributed by atoms with Crippen molar-refractivity contribution in [3.05, 3.63) is 55.0 Å². The second-order valence-electron chi connectivity index (χ2n) is 4.53. The van der Waals surface area contributed by atoms with E-state index < -0.39 is 0 Å². The van der Waals surface area contributed by atoms with Crippen molar-refractivity contribution in [3.63, 3.8) is 0 Å². The standard InChI is InChI=1S/C16H15N3O/c1-2-19-11-15(12-7-9-17-10-8-12)16(18-19)13-3-5-14(20)6-4-13/h3-11,20H,2H2,1H3. The Morgan fingerprint density at radius 3 is 2.35 bits per heavy atom. The highest BCUT2D eigenvalue weighted by Crippen LogP contribution is 2.31. The van der Waals surface area contributed by atoms with E-state index in [1.54, 1.807) is 24.5 Å². The van der Waals surface area contributed by atoms with E-state index in [9.17, 15) is 5.11 Å². The van der Waals surface area contributed by atoms with Crippen LogP contribution in [0.3, 0.4) is 0 Å². The van der Waals surface area contributed by atoms with Gasteiger partial charge in [0.25, 0.3) is 0 Å². The molecule has 4 heteroatoms. The first-order valence-electron chi connectivity index (χ1n) is 6.55. The topological polar surface area (TPSA) is 50.9 Å². The van der Waals surface area contributed by atoms with Gasteiger partial charge in [0, 0.05) is 36.3 Å². The maximum atomic E-state index is 9.41. The van der Waals surface area contributed by atoms with Crippen LogP contribution in [0, 0.1) is 0 Å². The average Bonchev–Trinajstić information content (AvgIpc) is 2.93. The van der Waals surface area contributed by atoms with Gasteiger partial charge in [-0.3, -0.25) is 9.67 Å². The Balaban J connectivity index is 2.15. The van der Waals surface area contributed by atoms with Gasteiger partial charge in [-0.2, -0.15) is 5.10 Å². The van der Waals surface area contributed by atoms with Crippen LogP contribution in [0.2, 0.25) is 0 Å². The lowest BCUT2D eigenvalue weighted by molar-refractivity contribution is 0.475. The molecule has 2 aromatic heterocycles. The third-order valence-electron chi connectivity index (χ3n) is 3.22. The van der Waals surface area contributed by atoms with E-state index in [1.807, 2.05) is 35.1 Å². The summed E-state index contributed by atoms with van der Waals surface area (Å²) in [5, 5.41) is 14.0. The highest BCUT2D eigenvalue weighted by atomic mass is 16.3. The van der Waals surface area contributed by atoms with E-state index in [2.05, 4.69) is 17.0 Å². The fourth-order valence-electron chi connectivity index (χ4n) is 2.16. The smallest absolute Gasteiger partial charge is 0.115 e. The van der Waals surface area contributed by atoms with Gasteiger partial charge in [-0.1, -0.05) is 0 Å². The van der Waals surface area contributed by atoms with E-state index in [4.69, 9.17) is 0 Å². The van der Waals surface area contributed by atoms with Crippen molar-refractivity contribution in [2.24, 2.45) is 0 Å². The average molecular weight is 265 g/mol. The van der Waals surface area contributed by atoms with Gasteiger partial charge in [-0.25, -0.2) is 0 Å². The van der Waals surface area contributed by atoms with Crippen LogP contribution in [-0.4, -0.2) is 19.9 Å². The quantitative estimate of drug-likeness (QED) is 0.790. The Hall–Kier alpha value is -2.62. The molecule has 0 saturated heterocycles. The molecule has 3 aromatic rings. The maximum Gasteiger partial charge on any atom is 0.115 e. The number of aromatic hydroxyl groups is 1.